The van der Waals surface area contributed by atoms with Crippen LogP contribution in [-0.4, -0.2) is 24.0 Å². The van der Waals surface area contributed by atoms with Gasteiger partial charge in [0.1, 0.15) is 5.41 Å². The molecule has 0 aliphatic heterocycles. The summed E-state index contributed by atoms with van der Waals surface area (Å²) >= 11 is 5.75. The Hall–Kier alpha value is -1.55. The van der Waals surface area contributed by atoms with Gasteiger partial charge in [0.25, 0.3) is 0 Å². The van der Waals surface area contributed by atoms with Gasteiger partial charge in [0.05, 0.1) is 0 Å². The van der Waals surface area contributed by atoms with Crippen LogP contribution >= 0.6 is 11.6 Å². The first-order valence-electron chi connectivity index (χ1n) is 5.24. The van der Waals surface area contributed by atoms with Crippen LogP contribution in [0, 0.1) is 5.41 Å². The summed E-state index contributed by atoms with van der Waals surface area (Å²) in [4.78, 5) is 24.5. The smallest absolute Gasteiger partial charge is 0.319 e. The van der Waals surface area contributed by atoms with Gasteiger partial charge in [-0.05, 0) is 37.1 Å². The molecule has 17 heavy (non-hydrogen) atoms. The number of carbonyl (C=O) groups is 2. The number of carbonyl (C=O) groups excluding carboxylic acids is 1. The highest BCUT2D eigenvalue weighted by molar-refractivity contribution is 6.30. The zero-order valence-corrected chi connectivity index (χ0v) is 10.1. The zero-order chi connectivity index (χ0) is 12.6. The molecule has 1 N–H and O–H groups in total. The van der Waals surface area contributed by atoms with Gasteiger partial charge in [-0.1, -0.05) is 11.6 Å². The van der Waals surface area contributed by atoms with Crippen molar-refractivity contribution in [2.75, 3.05) is 11.9 Å². The van der Waals surface area contributed by atoms with Crippen molar-refractivity contribution >= 4 is 29.2 Å². The maximum absolute atomic E-state index is 12.1. The Kier molecular flexibility index (Phi) is 2.83. The molecule has 1 aromatic carbocycles. The van der Waals surface area contributed by atoms with E-state index < -0.39 is 11.4 Å². The molecular weight excluding hydrogens is 242 g/mol. The largest absolute Gasteiger partial charge is 0.480 e. The van der Waals surface area contributed by atoms with Crippen LogP contribution in [0.25, 0.3) is 0 Å². The predicted molar refractivity (Wildman–Crippen MR) is 64.2 cm³/mol. The number of hydrogen-bond acceptors (Lipinski definition) is 2. The van der Waals surface area contributed by atoms with Crippen molar-refractivity contribution in [2.45, 2.75) is 12.8 Å². The van der Waals surface area contributed by atoms with Crippen LogP contribution in [0.1, 0.15) is 12.8 Å². The second-order valence-electron chi connectivity index (χ2n) is 4.23. The molecule has 1 fully saturated rings. The number of carboxylic acid groups (broad SMARTS) is 1. The highest BCUT2D eigenvalue weighted by atomic mass is 35.5. The fraction of sp³-hybridized carbons (Fsp3) is 0.333. The van der Waals surface area contributed by atoms with E-state index in [2.05, 4.69) is 0 Å². The van der Waals surface area contributed by atoms with Gasteiger partial charge in [-0.15, -0.1) is 0 Å². The molecule has 90 valence electrons. The molecule has 0 spiro atoms. The molecule has 2 rings (SSSR count). The first kappa shape index (κ1) is 11.9. The molecule has 1 saturated carbocycles. The van der Waals surface area contributed by atoms with Crippen molar-refractivity contribution in [3.63, 3.8) is 0 Å². The number of hydrogen-bond donors (Lipinski definition) is 1. The average Bonchev–Trinajstić information content (AvgIpc) is 3.09. The second-order valence-corrected chi connectivity index (χ2v) is 4.66. The van der Waals surface area contributed by atoms with Crippen molar-refractivity contribution in [1.82, 2.24) is 0 Å². The number of aliphatic carboxylic acids is 1. The van der Waals surface area contributed by atoms with Gasteiger partial charge in [0.2, 0.25) is 5.91 Å². The number of anilines is 1. The van der Waals surface area contributed by atoms with E-state index in [-0.39, 0.29) is 5.91 Å². The third kappa shape index (κ3) is 2.00. The topological polar surface area (TPSA) is 57.6 Å². The third-order valence-corrected chi connectivity index (χ3v) is 3.34. The quantitative estimate of drug-likeness (QED) is 0.840. The predicted octanol–water partition coefficient (Wildman–Crippen LogP) is 2.17. The molecular formula is C12H12ClNO3. The van der Waals surface area contributed by atoms with Crippen molar-refractivity contribution in [3.8, 4) is 0 Å². The van der Waals surface area contributed by atoms with Crippen LogP contribution in [0.2, 0.25) is 5.02 Å². The van der Waals surface area contributed by atoms with E-state index in [9.17, 15) is 9.59 Å². The monoisotopic (exact) mass is 253 g/mol. The van der Waals surface area contributed by atoms with Gasteiger partial charge in [-0.25, -0.2) is 0 Å². The standard InChI is InChI=1S/C12H12ClNO3/c1-14(9-4-2-8(13)3-5-9)10(15)12(6-7-12)11(16)17/h2-5H,6-7H2,1H3,(H,16,17). The van der Waals surface area contributed by atoms with Gasteiger partial charge >= 0.3 is 5.97 Å². The van der Waals surface area contributed by atoms with Crippen LogP contribution in [0.3, 0.4) is 0 Å². The Bertz CT molecular complexity index is 465. The highest BCUT2D eigenvalue weighted by Gasteiger charge is 2.58. The lowest BCUT2D eigenvalue weighted by Gasteiger charge is -2.21. The van der Waals surface area contributed by atoms with E-state index in [0.29, 0.717) is 23.6 Å². The number of halogens is 1. The van der Waals surface area contributed by atoms with Crippen molar-refractivity contribution < 1.29 is 14.7 Å². The van der Waals surface area contributed by atoms with E-state index in [4.69, 9.17) is 16.7 Å². The number of amides is 1. The number of carboxylic acids is 1. The minimum absolute atomic E-state index is 0.368. The molecule has 5 heteroatoms. The number of rotatable bonds is 3. The molecule has 1 amide bonds. The van der Waals surface area contributed by atoms with E-state index in [1.165, 1.54) is 4.90 Å². The van der Waals surface area contributed by atoms with E-state index >= 15 is 0 Å². The van der Waals surface area contributed by atoms with Gasteiger partial charge in [0, 0.05) is 17.8 Å². The van der Waals surface area contributed by atoms with Crippen LogP contribution in [-0.2, 0) is 9.59 Å². The summed E-state index contributed by atoms with van der Waals surface area (Å²) in [5.41, 5.74) is -0.555. The van der Waals surface area contributed by atoms with Crippen LogP contribution in [0.15, 0.2) is 24.3 Å². The minimum Gasteiger partial charge on any atom is -0.480 e. The van der Waals surface area contributed by atoms with Crippen molar-refractivity contribution in [2.24, 2.45) is 5.41 Å². The first-order chi connectivity index (χ1) is 7.97. The third-order valence-electron chi connectivity index (χ3n) is 3.09. The Morgan fingerprint density at radius 3 is 2.24 bits per heavy atom. The molecule has 0 unspecified atom stereocenters. The molecule has 0 saturated heterocycles. The lowest BCUT2D eigenvalue weighted by Crippen LogP contribution is -2.38. The molecule has 1 aliphatic carbocycles. The maximum atomic E-state index is 12.1. The number of nitrogens with zero attached hydrogens (tertiary/aromatic N) is 1. The second kappa shape index (κ2) is 4.04. The van der Waals surface area contributed by atoms with Gasteiger partial charge in [0.15, 0.2) is 0 Å². The van der Waals surface area contributed by atoms with E-state index in [1.54, 1.807) is 31.3 Å². The van der Waals surface area contributed by atoms with E-state index in [0.717, 1.165) is 0 Å². The summed E-state index contributed by atoms with van der Waals surface area (Å²) in [6, 6.07) is 6.72. The van der Waals surface area contributed by atoms with Crippen LogP contribution in [0.5, 0.6) is 0 Å². The molecule has 0 aromatic heterocycles. The summed E-state index contributed by atoms with van der Waals surface area (Å²) in [7, 11) is 1.58. The van der Waals surface area contributed by atoms with E-state index in [1.807, 2.05) is 0 Å². The molecule has 1 aromatic rings. The molecule has 0 atom stereocenters. The van der Waals surface area contributed by atoms with Crippen molar-refractivity contribution in [1.29, 1.82) is 0 Å². The summed E-state index contributed by atoms with van der Waals surface area (Å²) < 4.78 is 0. The highest BCUT2D eigenvalue weighted by Crippen LogP contribution is 2.47. The lowest BCUT2D eigenvalue weighted by molar-refractivity contribution is -0.148. The fourth-order valence-corrected chi connectivity index (χ4v) is 1.87. The summed E-state index contributed by atoms with van der Waals surface area (Å²) in [5.74, 6) is -1.41. The van der Waals surface area contributed by atoms with Gasteiger partial charge < -0.3 is 10.0 Å². The van der Waals surface area contributed by atoms with Gasteiger partial charge in [-0.3, -0.25) is 9.59 Å². The Morgan fingerprint density at radius 1 is 1.29 bits per heavy atom. The zero-order valence-electron chi connectivity index (χ0n) is 9.31. The Morgan fingerprint density at radius 2 is 1.82 bits per heavy atom. The first-order valence-corrected chi connectivity index (χ1v) is 5.62. The summed E-state index contributed by atoms with van der Waals surface area (Å²) in [6.07, 6.45) is 0.832. The van der Waals surface area contributed by atoms with Crippen LogP contribution < -0.4 is 4.90 Å². The van der Waals surface area contributed by atoms with Crippen LogP contribution in [0.4, 0.5) is 5.69 Å². The lowest BCUT2D eigenvalue weighted by atomic mass is 10.1. The maximum Gasteiger partial charge on any atom is 0.319 e. The Balaban J connectivity index is 2.21. The summed E-state index contributed by atoms with van der Waals surface area (Å²) in [6.45, 7) is 0. The molecule has 4 nitrogen and oxygen atoms in total. The average molecular weight is 254 g/mol. The molecule has 0 heterocycles. The number of benzene rings is 1. The normalized spacial score (nSPS) is 16.4. The molecule has 1 aliphatic rings. The molecule has 0 bridgehead atoms. The van der Waals surface area contributed by atoms with Gasteiger partial charge in [-0.2, -0.15) is 0 Å². The fourth-order valence-electron chi connectivity index (χ4n) is 1.75. The van der Waals surface area contributed by atoms with Crippen molar-refractivity contribution in [3.05, 3.63) is 29.3 Å². The SMILES string of the molecule is CN(C(=O)C1(C(=O)O)CC1)c1ccc(Cl)cc1. The Labute approximate surface area is 104 Å². The minimum atomic E-state index is -1.20. The summed E-state index contributed by atoms with van der Waals surface area (Å²) in [5, 5.41) is 9.62. The molecule has 0 radical (unpaired) electrons.